The van der Waals surface area contributed by atoms with E-state index in [9.17, 15) is 18.8 Å². The molecule has 0 saturated heterocycles. The zero-order chi connectivity index (χ0) is 20.3. The topological polar surface area (TPSA) is 105 Å². The van der Waals surface area contributed by atoms with Gasteiger partial charge in [0, 0.05) is 5.02 Å². The second-order valence-corrected chi connectivity index (χ2v) is 6.44. The third kappa shape index (κ3) is 4.36. The van der Waals surface area contributed by atoms with Crippen molar-refractivity contribution in [2.24, 2.45) is 5.73 Å². The second-order valence-electron chi connectivity index (χ2n) is 6.01. The fourth-order valence-corrected chi connectivity index (χ4v) is 2.80. The Balaban J connectivity index is 1.99. The van der Waals surface area contributed by atoms with Gasteiger partial charge in [0.1, 0.15) is 11.4 Å². The highest BCUT2D eigenvalue weighted by Crippen LogP contribution is 2.27. The summed E-state index contributed by atoms with van der Waals surface area (Å²) in [4.78, 5) is 36.2. The van der Waals surface area contributed by atoms with Crippen LogP contribution in [0.4, 0.5) is 10.1 Å². The summed E-state index contributed by atoms with van der Waals surface area (Å²) >= 11 is 5.92. The molecule has 4 N–H and O–H groups in total. The Morgan fingerprint density at radius 1 is 1.21 bits per heavy atom. The van der Waals surface area contributed by atoms with Gasteiger partial charge in [-0.15, -0.1) is 0 Å². The number of amides is 3. The Kier molecular flexibility index (Phi) is 5.72. The molecule has 1 aliphatic heterocycles. The molecule has 3 rings (SSSR count). The first-order chi connectivity index (χ1) is 13.3. The van der Waals surface area contributed by atoms with Crippen molar-refractivity contribution in [3.63, 3.8) is 0 Å². The SMILES string of the molecule is NC(=O)CNC(=O)C1=CC(c2ccc(Cl)cc2)NN(c2cccc(F)c2)C1=O. The lowest BCUT2D eigenvalue weighted by Gasteiger charge is -2.33. The van der Waals surface area contributed by atoms with Gasteiger partial charge in [0.2, 0.25) is 5.91 Å². The first-order valence-electron chi connectivity index (χ1n) is 8.25. The van der Waals surface area contributed by atoms with Gasteiger partial charge < -0.3 is 11.1 Å². The molecule has 0 spiro atoms. The van der Waals surface area contributed by atoms with Crippen LogP contribution in [0.3, 0.4) is 0 Å². The second kappa shape index (κ2) is 8.20. The van der Waals surface area contributed by atoms with Crippen LogP contribution in [0.5, 0.6) is 0 Å². The molecule has 1 unspecified atom stereocenters. The van der Waals surface area contributed by atoms with Gasteiger partial charge in [-0.25, -0.2) is 14.8 Å². The van der Waals surface area contributed by atoms with Crippen LogP contribution in [0.15, 0.2) is 60.2 Å². The number of nitrogens with two attached hydrogens (primary N) is 1. The molecule has 3 amide bonds. The maximum atomic E-state index is 13.7. The average molecular weight is 403 g/mol. The Bertz CT molecular complexity index is 962. The molecule has 144 valence electrons. The number of carbonyl (C=O) groups excluding carboxylic acids is 3. The van der Waals surface area contributed by atoms with Crippen molar-refractivity contribution in [2.75, 3.05) is 11.6 Å². The molecule has 7 nitrogen and oxygen atoms in total. The van der Waals surface area contributed by atoms with E-state index in [0.29, 0.717) is 5.02 Å². The van der Waals surface area contributed by atoms with E-state index < -0.39 is 36.1 Å². The molecule has 0 aliphatic carbocycles. The number of rotatable bonds is 5. The Morgan fingerprint density at radius 2 is 1.93 bits per heavy atom. The molecular formula is C19H16ClFN4O3. The molecule has 1 aliphatic rings. The number of primary amides is 1. The Morgan fingerprint density at radius 3 is 2.57 bits per heavy atom. The van der Waals surface area contributed by atoms with Gasteiger partial charge in [0.25, 0.3) is 11.8 Å². The predicted octanol–water partition coefficient (Wildman–Crippen LogP) is 1.60. The van der Waals surface area contributed by atoms with E-state index in [4.69, 9.17) is 17.3 Å². The Labute approximate surface area is 164 Å². The van der Waals surface area contributed by atoms with Crippen molar-refractivity contribution >= 4 is 35.0 Å². The summed E-state index contributed by atoms with van der Waals surface area (Å²) in [5.41, 5.74) is 8.73. The highest BCUT2D eigenvalue weighted by Gasteiger charge is 2.33. The summed E-state index contributed by atoms with van der Waals surface area (Å²) < 4.78 is 13.7. The number of anilines is 1. The molecule has 0 radical (unpaired) electrons. The van der Waals surface area contributed by atoms with Crippen LogP contribution in [0.25, 0.3) is 0 Å². The zero-order valence-electron chi connectivity index (χ0n) is 14.5. The monoisotopic (exact) mass is 402 g/mol. The van der Waals surface area contributed by atoms with E-state index in [1.165, 1.54) is 24.3 Å². The number of halogens is 2. The summed E-state index contributed by atoms with van der Waals surface area (Å²) in [6.45, 7) is -0.414. The first-order valence-corrected chi connectivity index (χ1v) is 8.63. The summed E-state index contributed by atoms with van der Waals surface area (Å²) in [6.07, 6.45) is 1.43. The number of hydrogen-bond acceptors (Lipinski definition) is 4. The number of nitrogens with one attached hydrogen (secondary N) is 2. The van der Waals surface area contributed by atoms with Crippen LogP contribution in [0.2, 0.25) is 5.02 Å². The number of benzene rings is 2. The van der Waals surface area contributed by atoms with Gasteiger partial charge in [0.05, 0.1) is 18.3 Å². The van der Waals surface area contributed by atoms with E-state index in [1.807, 2.05) is 0 Å². The molecule has 2 aromatic carbocycles. The predicted molar refractivity (Wildman–Crippen MR) is 102 cm³/mol. The van der Waals surface area contributed by atoms with Gasteiger partial charge in [0.15, 0.2) is 0 Å². The quantitative estimate of drug-likeness (QED) is 0.661. The van der Waals surface area contributed by atoms with Gasteiger partial charge in [-0.2, -0.15) is 0 Å². The van der Waals surface area contributed by atoms with Crippen molar-refractivity contribution in [1.29, 1.82) is 0 Å². The van der Waals surface area contributed by atoms with Crippen LogP contribution in [-0.2, 0) is 14.4 Å². The number of carbonyl (C=O) groups is 3. The minimum atomic E-state index is -0.759. The third-order valence-corrected chi connectivity index (χ3v) is 4.25. The largest absolute Gasteiger partial charge is 0.368 e. The maximum Gasteiger partial charge on any atom is 0.278 e. The smallest absolute Gasteiger partial charge is 0.278 e. The zero-order valence-corrected chi connectivity index (χ0v) is 15.2. The van der Waals surface area contributed by atoms with Crippen LogP contribution < -0.4 is 21.5 Å². The minimum absolute atomic E-state index is 0.204. The molecule has 1 heterocycles. The van der Waals surface area contributed by atoms with Gasteiger partial charge in [-0.1, -0.05) is 29.8 Å². The summed E-state index contributed by atoms with van der Waals surface area (Å²) in [5, 5.41) is 3.91. The van der Waals surface area contributed by atoms with E-state index in [2.05, 4.69) is 10.7 Å². The fourth-order valence-electron chi connectivity index (χ4n) is 2.68. The molecule has 2 aromatic rings. The summed E-state index contributed by atoms with van der Waals surface area (Å²) in [7, 11) is 0. The van der Waals surface area contributed by atoms with Crippen LogP contribution in [-0.4, -0.2) is 24.3 Å². The highest BCUT2D eigenvalue weighted by molar-refractivity contribution is 6.30. The molecule has 0 fully saturated rings. The van der Waals surface area contributed by atoms with Crippen molar-refractivity contribution < 1.29 is 18.8 Å². The lowest BCUT2D eigenvalue weighted by Crippen LogP contribution is -2.51. The van der Waals surface area contributed by atoms with Crippen molar-refractivity contribution in [3.05, 3.63) is 76.6 Å². The number of hydrogen-bond donors (Lipinski definition) is 3. The molecule has 0 bridgehead atoms. The number of nitrogens with zero attached hydrogens (tertiary/aromatic N) is 1. The van der Waals surface area contributed by atoms with Crippen molar-refractivity contribution in [2.45, 2.75) is 6.04 Å². The number of hydrazine groups is 1. The van der Waals surface area contributed by atoms with Crippen molar-refractivity contribution in [1.82, 2.24) is 10.7 Å². The molecule has 1 atom stereocenters. The average Bonchev–Trinajstić information content (AvgIpc) is 2.67. The third-order valence-electron chi connectivity index (χ3n) is 4.00. The van der Waals surface area contributed by atoms with Crippen LogP contribution in [0.1, 0.15) is 11.6 Å². The summed E-state index contributed by atoms with van der Waals surface area (Å²) in [5.74, 6) is -2.74. The van der Waals surface area contributed by atoms with E-state index in [1.54, 1.807) is 24.3 Å². The van der Waals surface area contributed by atoms with Gasteiger partial charge in [-0.3, -0.25) is 14.4 Å². The van der Waals surface area contributed by atoms with Crippen LogP contribution >= 0.6 is 11.6 Å². The minimum Gasteiger partial charge on any atom is -0.368 e. The van der Waals surface area contributed by atoms with E-state index in [-0.39, 0.29) is 11.3 Å². The van der Waals surface area contributed by atoms with Crippen molar-refractivity contribution in [3.8, 4) is 0 Å². The van der Waals surface area contributed by atoms with E-state index in [0.717, 1.165) is 16.6 Å². The highest BCUT2D eigenvalue weighted by atomic mass is 35.5. The van der Waals surface area contributed by atoms with E-state index >= 15 is 0 Å². The standard InChI is InChI=1S/C19H16ClFN4O3/c20-12-6-4-11(5-7-12)16-9-15(18(27)23-10-17(22)26)19(28)25(24-16)14-3-1-2-13(21)8-14/h1-9,16,24H,10H2,(H2,22,26)(H,23,27). The molecule has 0 saturated carbocycles. The lowest BCUT2D eigenvalue weighted by molar-refractivity contribution is -0.125. The Hall–Kier alpha value is -3.23. The van der Waals surface area contributed by atoms with Gasteiger partial charge >= 0.3 is 0 Å². The van der Waals surface area contributed by atoms with Gasteiger partial charge in [-0.05, 0) is 42.0 Å². The molecule has 0 aromatic heterocycles. The summed E-state index contributed by atoms with van der Waals surface area (Å²) in [6, 6.07) is 11.6. The van der Waals surface area contributed by atoms with Crippen LogP contribution in [0, 0.1) is 5.82 Å². The normalized spacial score (nSPS) is 16.5. The molecule has 28 heavy (non-hydrogen) atoms. The molecular weight excluding hydrogens is 387 g/mol. The first kappa shape index (κ1) is 19.5. The maximum absolute atomic E-state index is 13.7. The lowest BCUT2D eigenvalue weighted by atomic mass is 10.0. The molecule has 9 heteroatoms. The fraction of sp³-hybridized carbons (Fsp3) is 0.105.